The highest BCUT2D eigenvalue weighted by Crippen LogP contribution is 2.23. The lowest BCUT2D eigenvalue weighted by atomic mass is 9.97. The Morgan fingerprint density at radius 1 is 1.03 bits per heavy atom. The van der Waals surface area contributed by atoms with E-state index in [0.717, 1.165) is 16.5 Å². The van der Waals surface area contributed by atoms with Crippen molar-refractivity contribution in [2.45, 2.75) is 19.4 Å². The summed E-state index contributed by atoms with van der Waals surface area (Å²) < 4.78 is 16.3. The third-order valence-corrected chi connectivity index (χ3v) is 5.29. The molecule has 1 aliphatic rings. The van der Waals surface area contributed by atoms with Gasteiger partial charge in [-0.25, -0.2) is 0 Å². The predicted octanol–water partition coefficient (Wildman–Crippen LogP) is 4.04. The van der Waals surface area contributed by atoms with Gasteiger partial charge in [0.05, 0.1) is 13.0 Å². The van der Waals surface area contributed by atoms with Crippen LogP contribution in [0.1, 0.15) is 29.2 Å². The van der Waals surface area contributed by atoms with Crippen LogP contribution in [0.15, 0.2) is 59.0 Å². The number of ether oxygens (including phenoxy) is 2. The first kappa shape index (κ1) is 19.1. The topological polar surface area (TPSA) is 69.0 Å². The molecule has 0 radical (unpaired) electrons. The highest BCUT2D eigenvalue weighted by Gasteiger charge is 2.29. The van der Waals surface area contributed by atoms with E-state index in [-0.39, 0.29) is 24.4 Å². The van der Waals surface area contributed by atoms with Crippen molar-refractivity contribution in [2.24, 2.45) is 5.92 Å². The molecule has 150 valence electrons. The third kappa shape index (κ3) is 4.26. The average molecular weight is 393 g/mol. The van der Waals surface area contributed by atoms with E-state index in [1.807, 2.05) is 36.4 Å². The lowest BCUT2D eigenvalue weighted by molar-refractivity contribution is -0.146. The van der Waals surface area contributed by atoms with E-state index < -0.39 is 0 Å². The number of amides is 1. The Hall–Kier alpha value is -3.28. The Labute approximate surface area is 169 Å². The highest BCUT2D eigenvalue weighted by molar-refractivity contribution is 5.91. The van der Waals surface area contributed by atoms with Crippen LogP contribution in [0.3, 0.4) is 0 Å². The molecule has 0 spiro atoms. The largest absolute Gasteiger partial charge is 0.486 e. The smallest absolute Gasteiger partial charge is 0.308 e. The maximum atomic E-state index is 12.7. The molecular weight excluding hydrogens is 370 g/mol. The number of carbonyl (C=O) groups excluding carboxylic acids is 2. The van der Waals surface area contributed by atoms with E-state index in [0.29, 0.717) is 37.5 Å². The fraction of sp³-hybridized carbons (Fsp3) is 0.304. The molecule has 6 nitrogen and oxygen atoms in total. The molecule has 1 fully saturated rings. The van der Waals surface area contributed by atoms with Gasteiger partial charge in [-0.15, -0.1) is 0 Å². The van der Waals surface area contributed by atoms with Crippen LogP contribution in [-0.4, -0.2) is 37.0 Å². The molecule has 6 heteroatoms. The van der Waals surface area contributed by atoms with Crippen molar-refractivity contribution >= 4 is 22.6 Å². The number of furan rings is 1. The Morgan fingerprint density at radius 3 is 2.55 bits per heavy atom. The van der Waals surface area contributed by atoms with Crippen molar-refractivity contribution in [1.82, 2.24) is 4.90 Å². The summed E-state index contributed by atoms with van der Waals surface area (Å²) in [5, 5.41) is 2.26. The number of esters is 1. The number of fused-ring (bicyclic) bond motifs is 1. The van der Waals surface area contributed by atoms with E-state index in [4.69, 9.17) is 13.9 Å². The van der Waals surface area contributed by atoms with Crippen LogP contribution < -0.4 is 4.74 Å². The van der Waals surface area contributed by atoms with Gasteiger partial charge in [-0.2, -0.15) is 0 Å². The maximum Gasteiger partial charge on any atom is 0.308 e. The van der Waals surface area contributed by atoms with Gasteiger partial charge in [0.15, 0.2) is 5.76 Å². The van der Waals surface area contributed by atoms with E-state index in [9.17, 15) is 9.59 Å². The summed E-state index contributed by atoms with van der Waals surface area (Å²) in [6.07, 6.45) is 1.22. The maximum absolute atomic E-state index is 12.7. The molecule has 0 bridgehead atoms. The van der Waals surface area contributed by atoms with Crippen molar-refractivity contribution in [1.29, 1.82) is 0 Å². The molecule has 0 N–H and O–H groups in total. The molecule has 0 unspecified atom stereocenters. The molecule has 1 saturated heterocycles. The number of likely N-dealkylation sites (tertiary alicyclic amines) is 1. The van der Waals surface area contributed by atoms with Crippen LogP contribution in [-0.2, 0) is 16.1 Å². The minimum atomic E-state index is -0.205. The van der Waals surface area contributed by atoms with Gasteiger partial charge in [-0.3, -0.25) is 9.59 Å². The van der Waals surface area contributed by atoms with Crippen molar-refractivity contribution in [3.63, 3.8) is 0 Å². The number of benzene rings is 2. The second-order valence-corrected chi connectivity index (χ2v) is 7.15. The molecule has 0 atom stereocenters. The van der Waals surface area contributed by atoms with Crippen molar-refractivity contribution < 1.29 is 23.5 Å². The van der Waals surface area contributed by atoms with Crippen LogP contribution >= 0.6 is 0 Å². The summed E-state index contributed by atoms with van der Waals surface area (Å²) >= 11 is 0. The first-order chi connectivity index (χ1) is 14.1. The van der Waals surface area contributed by atoms with E-state index in [2.05, 4.69) is 6.07 Å². The second kappa shape index (κ2) is 8.39. The fourth-order valence-electron chi connectivity index (χ4n) is 3.62. The highest BCUT2D eigenvalue weighted by atomic mass is 16.5. The van der Waals surface area contributed by atoms with Crippen LogP contribution in [0.2, 0.25) is 0 Å². The van der Waals surface area contributed by atoms with Gasteiger partial charge in [-0.05, 0) is 47.9 Å². The van der Waals surface area contributed by atoms with Crippen molar-refractivity contribution in [3.05, 3.63) is 66.1 Å². The first-order valence-electron chi connectivity index (χ1n) is 9.71. The zero-order chi connectivity index (χ0) is 20.2. The number of rotatable bonds is 5. The summed E-state index contributed by atoms with van der Waals surface area (Å²) in [5.74, 6) is 1.13. The Bertz CT molecular complexity index is 1020. The molecule has 29 heavy (non-hydrogen) atoms. The number of hydrogen-bond acceptors (Lipinski definition) is 5. The summed E-state index contributed by atoms with van der Waals surface area (Å²) in [5.41, 5.74) is 0. The Morgan fingerprint density at radius 2 is 1.79 bits per heavy atom. The fourth-order valence-corrected chi connectivity index (χ4v) is 3.62. The molecule has 1 aliphatic heterocycles. The zero-order valence-electron chi connectivity index (χ0n) is 16.3. The lowest BCUT2D eigenvalue weighted by Gasteiger charge is -2.30. The summed E-state index contributed by atoms with van der Waals surface area (Å²) in [7, 11) is 1.39. The van der Waals surface area contributed by atoms with Gasteiger partial charge in [0.25, 0.3) is 5.91 Å². The van der Waals surface area contributed by atoms with Gasteiger partial charge < -0.3 is 18.8 Å². The molecule has 1 aromatic heterocycles. The van der Waals surface area contributed by atoms with Gasteiger partial charge >= 0.3 is 5.97 Å². The average Bonchev–Trinajstić information content (AvgIpc) is 3.25. The summed E-state index contributed by atoms with van der Waals surface area (Å²) in [6, 6.07) is 17.4. The van der Waals surface area contributed by atoms with Crippen LogP contribution in [0.4, 0.5) is 0 Å². The second-order valence-electron chi connectivity index (χ2n) is 7.15. The third-order valence-electron chi connectivity index (χ3n) is 5.29. The van der Waals surface area contributed by atoms with Gasteiger partial charge in [-0.1, -0.05) is 30.3 Å². The summed E-state index contributed by atoms with van der Waals surface area (Å²) in [4.78, 5) is 26.0. The normalized spacial score (nSPS) is 14.7. The van der Waals surface area contributed by atoms with E-state index >= 15 is 0 Å². The monoisotopic (exact) mass is 393 g/mol. The van der Waals surface area contributed by atoms with Crippen LogP contribution in [0.5, 0.6) is 5.75 Å². The van der Waals surface area contributed by atoms with Gasteiger partial charge in [0, 0.05) is 13.1 Å². The SMILES string of the molecule is COC(=O)C1CCN(C(=O)c2ccc(COc3ccc4ccccc4c3)o2)CC1. The number of piperidine rings is 1. The first-order valence-corrected chi connectivity index (χ1v) is 9.71. The zero-order valence-corrected chi connectivity index (χ0v) is 16.3. The number of methoxy groups -OCH3 is 1. The van der Waals surface area contributed by atoms with Crippen molar-refractivity contribution in [3.8, 4) is 5.75 Å². The van der Waals surface area contributed by atoms with Crippen LogP contribution in [0.25, 0.3) is 10.8 Å². The van der Waals surface area contributed by atoms with Gasteiger partial charge in [0.2, 0.25) is 0 Å². The molecule has 4 rings (SSSR count). The minimum Gasteiger partial charge on any atom is -0.486 e. The number of hydrogen-bond donors (Lipinski definition) is 0. The molecule has 0 aliphatic carbocycles. The van der Waals surface area contributed by atoms with E-state index in [1.54, 1.807) is 17.0 Å². The molecular formula is C23H23NO5. The van der Waals surface area contributed by atoms with E-state index in [1.165, 1.54) is 7.11 Å². The Balaban J connectivity index is 1.34. The minimum absolute atomic E-state index is 0.133. The van der Waals surface area contributed by atoms with Crippen molar-refractivity contribution in [2.75, 3.05) is 20.2 Å². The quantitative estimate of drug-likeness (QED) is 0.612. The Kier molecular flexibility index (Phi) is 5.51. The molecule has 2 aromatic carbocycles. The van der Waals surface area contributed by atoms with Gasteiger partial charge in [0.1, 0.15) is 18.1 Å². The molecule has 3 aromatic rings. The standard InChI is InChI=1S/C23H23NO5/c1-27-23(26)17-10-12-24(13-11-17)22(25)21-9-8-20(29-21)15-28-19-7-6-16-4-2-3-5-18(16)14-19/h2-9,14,17H,10-13,15H2,1H3. The predicted molar refractivity (Wildman–Crippen MR) is 108 cm³/mol. The number of carbonyl (C=O) groups is 2. The molecule has 0 saturated carbocycles. The lowest BCUT2D eigenvalue weighted by Crippen LogP contribution is -2.40. The van der Waals surface area contributed by atoms with Crippen LogP contribution in [0, 0.1) is 5.92 Å². The molecule has 1 amide bonds. The summed E-state index contributed by atoms with van der Waals surface area (Å²) in [6.45, 7) is 1.28. The number of nitrogens with zero attached hydrogens (tertiary/aromatic N) is 1. The molecule has 2 heterocycles.